The van der Waals surface area contributed by atoms with E-state index >= 15 is 0 Å². The number of rotatable bonds is 5. The molecule has 23 heavy (non-hydrogen) atoms. The number of aromatic nitrogens is 1. The molecule has 3 rings (SSSR count). The number of hydrogen-bond donors (Lipinski definition) is 2. The van der Waals surface area contributed by atoms with E-state index in [0.717, 1.165) is 54.6 Å². The first-order valence-corrected chi connectivity index (χ1v) is 8.59. The van der Waals surface area contributed by atoms with Crippen molar-refractivity contribution in [3.05, 3.63) is 28.9 Å². The zero-order valence-electron chi connectivity index (χ0n) is 14.0. The molecule has 2 heterocycles. The van der Waals surface area contributed by atoms with Crippen LogP contribution in [-0.4, -0.2) is 46.8 Å². The zero-order chi connectivity index (χ0) is 16.6. The number of aliphatic hydroxyl groups is 1. The maximum absolute atomic E-state index is 10.4. The molecule has 0 saturated carbocycles. The lowest BCUT2D eigenvalue weighted by molar-refractivity contribution is -0.00193. The van der Waals surface area contributed by atoms with E-state index in [-0.39, 0.29) is 6.04 Å². The van der Waals surface area contributed by atoms with E-state index in [1.54, 1.807) is 7.11 Å². The SMILES string of the molecule is COc1cccc2[nH]c(Cl)c(CCN3CCCC3C(C)(C)O)c12. The Hall–Kier alpha value is -1.23. The van der Waals surface area contributed by atoms with Crippen molar-refractivity contribution in [3.8, 4) is 5.75 Å². The van der Waals surface area contributed by atoms with Crippen molar-refractivity contribution in [2.45, 2.75) is 44.8 Å². The Morgan fingerprint density at radius 3 is 2.91 bits per heavy atom. The van der Waals surface area contributed by atoms with Crippen LogP contribution >= 0.6 is 11.6 Å². The number of fused-ring (bicyclic) bond motifs is 1. The second-order valence-electron chi connectivity index (χ2n) is 6.90. The van der Waals surface area contributed by atoms with Crippen LogP contribution in [0.4, 0.5) is 0 Å². The molecule has 1 unspecified atom stereocenters. The lowest BCUT2D eigenvalue weighted by atomic mass is 9.96. The molecule has 126 valence electrons. The van der Waals surface area contributed by atoms with Gasteiger partial charge in [-0.25, -0.2) is 0 Å². The summed E-state index contributed by atoms with van der Waals surface area (Å²) in [6, 6.07) is 6.16. The van der Waals surface area contributed by atoms with Gasteiger partial charge in [0.25, 0.3) is 0 Å². The summed E-state index contributed by atoms with van der Waals surface area (Å²) in [6.07, 6.45) is 3.03. The molecule has 0 radical (unpaired) electrons. The first-order chi connectivity index (χ1) is 10.9. The third-order valence-electron chi connectivity index (χ3n) is 4.89. The van der Waals surface area contributed by atoms with Crippen molar-refractivity contribution in [1.82, 2.24) is 9.88 Å². The van der Waals surface area contributed by atoms with Crippen molar-refractivity contribution in [3.63, 3.8) is 0 Å². The zero-order valence-corrected chi connectivity index (χ0v) is 14.8. The van der Waals surface area contributed by atoms with Gasteiger partial charge in [-0.05, 0) is 51.8 Å². The van der Waals surface area contributed by atoms with E-state index in [2.05, 4.69) is 9.88 Å². The van der Waals surface area contributed by atoms with E-state index in [1.807, 2.05) is 32.0 Å². The average Bonchev–Trinajstić information content (AvgIpc) is 3.08. The molecular weight excluding hydrogens is 312 g/mol. The molecule has 1 saturated heterocycles. The molecule has 5 heteroatoms. The molecule has 1 aliphatic rings. The quantitative estimate of drug-likeness (QED) is 0.877. The van der Waals surface area contributed by atoms with Gasteiger partial charge in [0.1, 0.15) is 10.9 Å². The van der Waals surface area contributed by atoms with E-state index in [9.17, 15) is 5.11 Å². The van der Waals surface area contributed by atoms with Gasteiger partial charge in [-0.1, -0.05) is 17.7 Å². The minimum atomic E-state index is -0.668. The summed E-state index contributed by atoms with van der Waals surface area (Å²) in [4.78, 5) is 5.62. The highest BCUT2D eigenvalue weighted by Crippen LogP contribution is 2.34. The number of nitrogens with zero attached hydrogens (tertiary/aromatic N) is 1. The summed E-state index contributed by atoms with van der Waals surface area (Å²) in [5.41, 5.74) is 1.43. The van der Waals surface area contributed by atoms with Gasteiger partial charge < -0.3 is 14.8 Å². The van der Waals surface area contributed by atoms with Crippen molar-refractivity contribution < 1.29 is 9.84 Å². The third kappa shape index (κ3) is 3.21. The van der Waals surface area contributed by atoms with Crippen LogP contribution in [0.3, 0.4) is 0 Å². The molecular formula is C18H25ClN2O2. The van der Waals surface area contributed by atoms with Crippen LogP contribution in [0.25, 0.3) is 10.9 Å². The normalized spacial score (nSPS) is 19.6. The third-order valence-corrected chi connectivity index (χ3v) is 5.21. The van der Waals surface area contributed by atoms with E-state index in [4.69, 9.17) is 16.3 Å². The molecule has 1 atom stereocenters. The van der Waals surface area contributed by atoms with Gasteiger partial charge in [-0.2, -0.15) is 0 Å². The molecule has 0 bridgehead atoms. The monoisotopic (exact) mass is 336 g/mol. The molecule has 4 nitrogen and oxygen atoms in total. The number of H-pyrrole nitrogens is 1. The second kappa shape index (κ2) is 6.34. The van der Waals surface area contributed by atoms with Crippen LogP contribution in [0.15, 0.2) is 18.2 Å². The van der Waals surface area contributed by atoms with Crippen LogP contribution in [0.1, 0.15) is 32.3 Å². The largest absolute Gasteiger partial charge is 0.496 e. The van der Waals surface area contributed by atoms with Crippen LogP contribution < -0.4 is 4.74 Å². The summed E-state index contributed by atoms with van der Waals surface area (Å²) in [7, 11) is 1.68. The lowest BCUT2D eigenvalue weighted by Gasteiger charge is -2.33. The fourth-order valence-corrected chi connectivity index (χ4v) is 4.09. The Morgan fingerprint density at radius 2 is 2.22 bits per heavy atom. The first kappa shape index (κ1) is 16.6. The Balaban J connectivity index is 1.83. The molecule has 0 spiro atoms. The van der Waals surface area contributed by atoms with Crippen molar-refractivity contribution in [2.75, 3.05) is 20.2 Å². The Kier molecular flexibility index (Phi) is 4.59. The topological polar surface area (TPSA) is 48.5 Å². The fourth-order valence-electron chi connectivity index (χ4n) is 3.80. The molecule has 0 amide bonds. The average molecular weight is 337 g/mol. The van der Waals surface area contributed by atoms with Gasteiger partial charge in [0.2, 0.25) is 0 Å². The number of hydrogen-bond acceptors (Lipinski definition) is 3. The van der Waals surface area contributed by atoms with Crippen molar-refractivity contribution >= 4 is 22.5 Å². The Morgan fingerprint density at radius 1 is 1.43 bits per heavy atom. The summed E-state index contributed by atoms with van der Waals surface area (Å²) in [6.45, 7) is 5.72. The maximum atomic E-state index is 10.4. The Bertz CT molecular complexity index is 690. The number of methoxy groups -OCH3 is 1. The van der Waals surface area contributed by atoms with E-state index < -0.39 is 5.60 Å². The van der Waals surface area contributed by atoms with E-state index in [1.165, 1.54) is 0 Å². The molecule has 1 aromatic heterocycles. The van der Waals surface area contributed by atoms with Gasteiger partial charge in [-0.3, -0.25) is 4.90 Å². The van der Waals surface area contributed by atoms with Crippen molar-refractivity contribution in [2.24, 2.45) is 0 Å². The summed E-state index contributed by atoms with van der Waals surface area (Å²) >= 11 is 6.43. The maximum Gasteiger partial charge on any atom is 0.128 e. The van der Waals surface area contributed by atoms with Crippen LogP contribution in [0.5, 0.6) is 5.75 Å². The summed E-state index contributed by atoms with van der Waals surface area (Å²) in [5.74, 6) is 0.848. The van der Waals surface area contributed by atoms with Crippen LogP contribution in [0.2, 0.25) is 5.15 Å². The lowest BCUT2D eigenvalue weighted by Crippen LogP contribution is -2.46. The highest BCUT2D eigenvalue weighted by atomic mass is 35.5. The number of benzene rings is 1. The smallest absolute Gasteiger partial charge is 0.128 e. The molecule has 2 N–H and O–H groups in total. The minimum absolute atomic E-state index is 0.216. The van der Waals surface area contributed by atoms with Gasteiger partial charge in [0, 0.05) is 23.5 Å². The molecule has 0 aliphatic carbocycles. The first-order valence-electron chi connectivity index (χ1n) is 8.21. The number of ether oxygens (including phenoxy) is 1. The minimum Gasteiger partial charge on any atom is -0.496 e. The van der Waals surface area contributed by atoms with Crippen LogP contribution in [0, 0.1) is 0 Å². The number of nitrogens with one attached hydrogen (secondary N) is 1. The standard InChI is InChI=1S/C18H25ClN2O2/c1-18(2,22)15-8-5-10-21(15)11-9-12-16-13(20-17(12)19)6-4-7-14(16)23-3/h4,6-7,15,20,22H,5,8-11H2,1-3H3. The predicted molar refractivity (Wildman–Crippen MR) is 94.5 cm³/mol. The van der Waals surface area contributed by atoms with Gasteiger partial charge in [-0.15, -0.1) is 0 Å². The van der Waals surface area contributed by atoms with Crippen molar-refractivity contribution in [1.29, 1.82) is 0 Å². The predicted octanol–water partition coefficient (Wildman–Crippen LogP) is 3.61. The number of likely N-dealkylation sites (tertiary alicyclic amines) is 1. The summed E-state index contributed by atoms with van der Waals surface area (Å²) < 4.78 is 5.50. The van der Waals surface area contributed by atoms with Gasteiger partial charge in [0.05, 0.1) is 18.2 Å². The van der Waals surface area contributed by atoms with E-state index in [0.29, 0.717) is 5.15 Å². The fraction of sp³-hybridized carbons (Fsp3) is 0.556. The Labute approximate surface area is 142 Å². The van der Waals surface area contributed by atoms with Gasteiger partial charge in [0.15, 0.2) is 0 Å². The molecule has 1 aliphatic heterocycles. The molecule has 2 aromatic rings. The van der Waals surface area contributed by atoms with Crippen LogP contribution in [-0.2, 0) is 6.42 Å². The van der Waals surface area contributed by atoms with Gasteiger partial charge >= 0.3 is 0 Å². The highest BCUT2D eigenvalue weighted by molar-refractivity contribution is 6.32. The second-order valence-corrected chi connectivity index (χ2v) is 7.28. The summed E-state index contributed by atoms with van der Waals surface area (Å²) in [5, 5.41) is 12.1. The molecule has 1 fully saturated rings. The highest BCUT2D eigenvalue weighted by Gasteiger charge is 2.35. The number of halogens is 1. The molecule has 1 aromatic carbocycles. The number of aromatic amines is 1.